The molecule has 0 saturated heterocycles. The highest BCUT2D eigenvalue weighted by atomic mass is 16.3. The predicted octanol–water partition coefficient (Wildman–Crippen LogP) is 5.13. The second-order valence-electron chi connectivity index (χ2n) is 6.52. The van der Waals surface area contributed by atoms with Crippen LogP contribution in [0.15, 0.2) is 66.7 Å². The quantitative estimate of drug-likeness (QED) is 0.534. The molecule has 3 aromatic carbocycles. The van der Waals surface area contributed by atoms with Crippen LogP contribution in [-0.4, -0.2) is 11.0 Å². The normalized spacial score (nSPS) is 10.4. The molecule has 0 aliphatic rings. The zero-order valence-corrected chi connectivity index (χ0v) is 15.6. The minimum atomic E-state index is -0.167. The zero-order chi connectivity index (χ0) is 19.2. The summed E-state index contributed by atoms with van der Waals surface area (Å²) in [5.74, 6) is 0.0190. The van der Waals surface area contributed by atoms with E-state index in [0.717, 1.165) is 23.2 Å². The van der Waals surface area contributed by atoms with Gasteiger partial charge in [-0.25, -0.2) is 0 Å². The number of benzene rings is 3. The van der Waals surface area contributed by atoms with Crippen molar-refractivity contribution in [3.63, 3.8) is 0 Å². The van der Waals surface area contributed by atoms with Crippen molar-refractivity contribution in [2.75, 3.05) is 10.6 Å². The van der Waals surface area contributed by atoms with E-state index in [1.807, 2.05) is 37.3 Å². The molecule has 0 bridgehead atoms. The number of aryl methyl sites for hydroxylation is 2. The fourth-order valence-corrected chi connectivity index (χ4v) is 3.00. The monoisotopic (exact) mass is 360 g/mol. The number of amides is 1. The molecule has 0 heterocycles. The predicted molar refractivity (Wildman–Crippen MR) is 110 cm³/mol. The highest BCUT2D eigenvalue weighted by Gasteiger charge is 2.09. The van der Waals surface area contributed by atoms with Crippen LogP contribution >= 0.6 is 0 Å². The third kappa shape index (κ3) is 4.67. The summed E-state index contributed by atoms with van der Waals surface area (Å²) in [5, 5.41) is 15.9. The molecule has 0 aliphatic heterocycles. The first-order valence-corrected chi connectivity index (χ1v) is 9.08. The number of para-hydroxylation sites is 1. The van der Waals surface area contributed by atoms with Crippen LogP contribution in [0, 0.1) is 6.92 Å². The summed E-state index contributed by atoms with van der Waals surface area (Å²) < 4.78 is 0. The van der Waals surface area contributed by atoms with E-state index in [1.54, 1.807) is 24.3 Å². The molecule has 0 saturated carbocycles. The summed E-state index contributed by atoms with van der Waals surface area (Å²) in [5.41, 5.74) is 5.54. The van der Waals surface area contributed by atoms with E-state index >= 15 is 0 Å². The van der Waals surface area contributed by atoms with Crippen LogP contribution in [0.2, 0.25) is 0 Å². The molecule has 0 spiro atoms. The first-order valence-electron chi connectivity index (χ1n) is 9.08. The Bertz CT molecular complexity index is 951. The van der Waals surface area contributed by atoms with Crippen molar-refractivity contribution in [3.05, 3.63) is 89.0 Å². The number of rotatable bonds is 6. The molecule has 0 radical (unpaired) electrons. The van der Waals surface area contributed by atoms with Gasteiger partial charge in [-0.2, -0.15) is 0 Å². The molecule has 3 N–H and O–H groups in total. The van der Waals surface area contributed by atoms with Crippen molar-refractivity contribution >= 4 is 17.3 Å². The Hall–Kier alpha value is -3.27. The molecule has 0 atom stereocenters. The maximum absolute atomic E-state index is 12.6. The third-order valence-corrected chi connectivity index (χ3v) is 4.53. The lowest BCUT2D eigenvalue weighted by molar-refractivity contribution is 0.102. The van der Waals surface area contributed by atoms with E-state index in [-0.39, 0.29) is 11.7 Å². The molecule has 3 aromatic rings. The number of hydrogen-bond donors (Lipinski definition) is 3. The molecule has 3 rings (SSSR count). The van der Waals surface area contributed by atoms with E-state index in [0.29, 0.717) is 17.8 Å². The summed E-state index contributed by atoms with van der Waals surface area (Å²) >= 11 is 0. The van der Waals surface area contributed by atoms with Gasteiger partial charge < -0.3 is 15.7 Å². The van der Waals surface area contributed by atoms with Gasteiger partial charge in [0.1, 0.15) is 5.75 Å². The van der Waals surface area contributed by atoms with Crippen molar-refractivity contribution in [2.45, 2.75) is 26.8 Å². The number of hydrogen-bond acceptors (Lipinski definition) is 3. The average Bonchev–Trinajstić information content (AvgIpc) is 2.69. The molecule has 0 fully saturated rings. The largest absolute Gasteiger partial charge is 0.508 e. The third-order valence-electron chi connectivity index (χ3n) is 4.53. The molecule has 27 heavy (non-hydrogen) atoms. The van der Waals surface area contributed by atoms with Crippen LogP contribution < -0.4 is 10.6 Å². The van der Waals surface area contributed by atoms with E-state index in [1.165, 1.54) is 5.56 Å². The van der Waals surface area contributed by atoms with E-state index in [4.69, 9.17) is 0 Å². The molecular formula is C23H24N2O2. The summed E-state index contributed by atoms with van der Waals surface area (Å²) in [6.07, 6.45) is 0.970. The van der Waals surface area contributed by atoms with Gasteiger partial charge >= 0.3 is 0 Å². The number of aromatic hydroxyl groups is 1. The van der Waals surface area contributed by atoms with Crippen LogP contribution in [0.25, 0.3) is 0 Å². The summed E-state index contributed by atoms with van der Waals surface area (Å²) in [7, 11) is 0. The van der Waals surface area contributed by atoms with E-state index in [2.05, 4.69) is 29.7 Å². The lowest BCUT2D eigenvalue weighted by Crippen LogP contribution is -2.13. The Morgan fingerprint density at radius 3 is 2.56 bits per heavy atom. The number of phenols is 1. The number of anilines is 2. The molecular weight excluding hydrogens is 336 g/mol. The van der Waals surface area contributed by atoms with Gasteiger partial charge in [-0.05, 0) is 66.4 Å². The lowest BCUT2D eigenvalue weighted by atomic mass is 10.1. The SMILES string of the molecule is CCc1ccccc1NCc1cccc(C(=O)Nc2ccc(O)cc2C)c1. The molecule has 0 unspecified atom stereocenters. The highest BCUT2D eigenvalue weighted by Crippen LogP contribution is 2.21. The summed E-state index contributed by atoms with van der Waals surface area (Å²) in [6, 6.07) is 20.7. The number of carbonyl (C=O) groups excluding carboxylic acids is 1. The van der Waals surface area contributed by atoms with Crippen LogP contribution in [0.1, 0.15) is 34.0 Å². The molecule has 138 valence electrons. The number of carbonyl (C=O) groups is 1. The molecule has 0 aromatic heterocycles. The van der Waals surface area contributed by atoms with Crippen LogP contribution in [0.3, 0.4) is 0 Å². The summed E-state index contributed by atoms with van der Waals surface area (Å²) in [4.78, 5) is 12.6. The van der Waals surface area contributed by atoms with Gasteiger partial charge in [-0.3, -0.25) is 4.79 Å². The van der Waals surface area contributed by atoms with Crippen LogP contribution in [0.5, 0.6) is 5.75 Å². The average molecular weight is 360 g/mol. The molecule has 1 amide bonds. The smallest absolute Gasteiger partial charge is 0.255 e. The fraction of sp³-hybridized carbons (Fsp3) is 0.174. The highest BCUT2D eigenvalue weighted by molar-refractivity contribution is 6.04. The van der Waals surface area contributed by atoms with Gasteiger partial charge in [0.2, 0.25) is 0 Å². The standard InChI is InChI=1S/C23H24N2O2/c1-3-18-8-4-5-10-22(18)24-15-17-7-6-9-19(14-17)23(27)25-21-12-11-20(26)13-16(21)2/h4-14,24,26H,3,15H2,1-2H3,(H,25,27). The van der Waals surface area contributed by atoms with Gasteiger partial charge in [-0.15, -0.1) is 0 Å². The Labute approximate surface area is 159 Å². The minimum Gasteiger partial charge on any atom is -0.508 e. The van der Waals surface area contributed by atoms with Crippen molar-refractivity contribution < 1.29 is 9.90 Å². The second-order valence-corrected chi connectivity index (χ2v) is 6.52. The summed E-state index contributed by atoms with van der Waals surface area (Å²) in [6.45, 7) is 4.63. The maximum Gasteiger partial charge on any atom is 0.255 e. The fourth-order valence-electron chi connectivity index (χ4n) is 3.00. The molecule has 4 heteroatoms. The molecule has 4 nitrogen and oxygen atoms in total. The van der Waals surface area contributed by atoms with Gasteiger partial charge in [0, 0.05) is 23.5 Å². The Morgan fingerprint density at radius 2 is 1.78 bits per heavy atom. The lowest BCUT2D eigenvalue weighted by Gasteiger charge is -2.12. The van der Waals surface area contributed by atoms with Crippen LogP contribution in [0.4, 0.5) is 11.4 Å². The van der Waals surface area contributed by atoms with Gasteiger partial charge in [0.05, 0.1) is 0 Å². The van der Waals surface area contributed by atoms with Crippen LogP contribution in [-0.2, 0) is 13.0 Å². The van der Waals surface area contributed by atoms with E-state index in [9.17, 15) is 9.90 Å². The Balaban J connectivity index is 1.70. The van der Waals surface area contributed by atoms with Gasteiger partial charge in [0.25, 0.3) is 5.91 Å². The number of phenolic OH excluding ortho intramolecular Hbond substituents is 1. The van der Waals surface area contributed by atoms with E-state index < -0.39 is 0 Å². The van der Waals surface area contributed by atoms with Gasteiger partial charge in [-0.1, -0.05) is 37.3 Å². The number of nitrogens with one attached hydrogen (secondary N) is 2. The first kappa shape index (κ1) is 18.5. The maximum atomic E-state index is 12.6. The van der Waals surface area contributed by atoms with Crippen molar-refractivity contribution in [3.8, 4) is 5.75 Å². The van der Waals surface area contributed by atoms with Crippen molar-refractivity contribution in [1.29, 1.82) is 0 Å². The first-order chi connectivity index (χ1) is 13.1. The zero-order valence-electron chi connectivity index (χ0n) is 15.6. The minimum absolute atomic E-state index is 0.167. The van der Waals surface area contributed by atoms with Gasteiger partial charge in [0.15, 0.2) is 0 Å². The second kappa shape index (κ2) is 8.41. The Kier molecular flexibility index (Phi) is 5.77. The molecule has 0 aliphatic carbocycles. The van der Waals surface area contributed by atoms with Crippen molar-refractivity contribution in [2.24, 2.45) is 0 Å². The topological polar surface area (TPSA) is 61.4 Å². The van der Waals surface area contributed by atoms with Crippen molar-refractivity contribution in [1.82, 2.24) is 0 Å². The Morgan fingerprint density at radius 1 is 0.963 bits per heavy atom.